The number of hydrogen-bond acceptors (Lipinski definition) is 2. The van der Waals surface area contributed by atoms with Crippen molar-refractivity contribution in [2.75, 3.05) is 0 Å². The molecule has 0 radical (unpaired) electrons. The van der Waals surface area contributed by atoms with E-state index in [0.29, 0.717) is 17.6 Å². The number of hydrogen-bond donors (Lipinski definition) is 1. The van der Waals surface area contributed by atoms with Crippen LogP contribution in [-0.2, 0) is 6.42 Å². The van der Waals surface area contributed by atoms with Gasteiger partial charge in [-0.25, -0.2) is 0 Å². The number of phenolic OH excluding ortho intramolecular Hbond substituents is 1. The zero-order valence-electron chi connectivity index (χ0n) is 16.6. The van der Waals surface area contributed by atoms with Crippen molar-refractivity contribution < 1.29 is 9.84 Å². The first-order valence-corrected chi connectivity index (χ1v) is 9.68. The van der Waals surface area contributed by atoms with Gasteiger partial charge in [0.05, 0.1) is 0 Å². The summed E-state index contributed by atoms with van der Waals surface area (Å²) in [6.45, 7) is 12.8. The van der Waals surface area contributed by atoms with Crippen LogP contribution in [0.15, 0.2) is 12.1 Å². The van der Waals surface area contributed by atoms with Gasteiger partial charge in [0, 0.05) is 17.4 Å². The van der Waals surface area contributed by atoms with E-state index < -0.39 is 0 Å². The largest absolute Gasteiger partial charge is 0.508 e. The molecule has 25 heavy (non-hydrogen) atoms. The second-order valence-electron chi connectivity index (χ2n) is 8.66. The SMILES string of the molecule is CC#CC.CCCc1cc(O)c2c(c1)O[C@]1(C)CC[C@H]3[C@@H]1[C@@H]2C3(C)C. The van der Waals surface area contributed by atoms with Crippen molar-refractivity contribution in [3.8, 4) is 23.3 Å². The zero-order chi connectivity index (χ0) is 18.4. The minimum absolute atomic E-state index is 0.0187. The maximum atomic E-state index is 10.6. The molecule has 4 rings (SSSR count). The Morgan fingerprint density at radius 1 is 1.20 bits per heavy atom. The molecule has 0 spiro atoms. The fourth-order valence-electron chi connectivity index (χ4n) is 5.63. The molecule has 0 bridgehead atoms. The Kier molecular flexibility index (Phi) is 4.56. The summed E-state index contributed by atoms with van der Waals surface area (Å²) in [5.74, 6) is 8.56. The van der Waals surface area contributed by atoms with Gasteiger partial charge in [-0.2, -0.15) is 0 Å². The molecule has 4 atom stereocenters. The van der Waals surface area contributed by atoms with Gasteiger partial charge >= 0.3 is 0 Å². The molecule has 2 nitrogen and oxygen atoms in total. The van der Waals surface area contributed by atoms with Crippen molar-refractivity contribution in [1.29, 1.82) is 0 Å². The van der Waals surface area contributed by atoms with E-state index in [1.165, 1.54) is 12.0 Å². The van der Waals surface area contributed by atoms with Crippen LogP contribution in [0.2, 0.25) is 0 Å². The number of ether oxygens (including phenoxy) is 1. The highest BCUT2D eigenvalue weighted by Crippen LogP contribution is 2.74. The van der Waals surface area contributed by atoms with Crippen molar-refractivity contribution in [3.05, 3.63) is 23.3 Å². The Balaban J connectivity index is 0.000000415. The second-order valence-corrected chi connectivity index (χ2v) is 8.66. The van der Waals surface area contributed by atoms with Crippen LogP contribution < -0.4 is 4.74 Å². The lowest BCUT2D eigenvalue weighted by Crippen LogP contribution is -2.59. The van der Waals surface area contributed by atoms with Gasteiger partial charge in [0.2, 0.25) is 0 Å². The molecule has 2 aliphatic carbocycles. The summed E-state index contributed by atoms with van der Waals surface area (Å²) in [5, 5.41) is 10.6. The smallest absolute Gasteiger partial charge is 0.127 e. The Morgan fingerprint density at radius 3 is 2.48 bits per heavy atom. The third kappa shape index (κ3) is 2.64. The predicted molar refractivity (Wildman–Crippen MR) is 103 cm³/mol. The van der Waals surface area contributed by atoms with E-state index in [-0.39, 0.29) is 11.0 Å². The molecule has 1 heterocycles. The summed E-state index contributed by atoms with van der Waals surface area (Å²) >= 11 is 0. The maximum absolute atomic E-state index is 10.6. The fraction of sp³-hybridized carbons (Fsp3) is 0.652. The van der Waals surface area contributed by atoms with Gasteiger partial charge in [-0.05, 0) is 69.1 Å². The zero-order valence-corrected chi connectivity index (χ0v) is 16.6. The van der Waals surface area contributed by atoms with Gasteiger partial charge in [-0.1, -0.05) is 27.2 Å². The van der Waals surface area contributed by atoms with Gasteiger partial charge in [0.25, 0.3) is 0 Å². The molecule has 1 N–H and O–H groups in total. The van der Waals surface area contributed by atoms with E-state index in [2.05, 4.69) is 45.6 Å². The van der Waals surface area contributed by atoms with Gasteiger partial charge in [0.1, 0.15) is 17.1 Å². The predicted octanol–water partition coefficient (Wildman–Crippen LogP) is 5.68. The van der Waals surface area contributed by atoms with Crippen LogP contribution in [0.5, 0.6) is 11.5 Å². The molecule has 0 unspecified atom stereocenters. The lowest BCUT2D eigenvalue weighted by Gasteiger charge is -2.62. The fourth-order valence-corrected chi connectivity index (χ4v) is 5.63. The lowest BCUT2D eigenvalue weighted by molar-refractivity contribution is -0.121. The topological polar surface area (TPSA) is 29.5 Å². The first-order chi connectivity index (χ1) is 11.8. The number of phenols is 1. The third-order valence-corrected chi connectivity index (χ3v) is 6.83. The molecule has 1 aliphatic heterocycles. The van der Waals surface area contributed by atoms with Gasteiger partial charge in [-0.3, -0.25) is 0 Å². The van der Waals surface area contributed by atoms with E-state index >= 15 is 0 Å². The monoisotopic (exact) mass is 340 g/mol. The summed E-state index contributed by atoms with van der Waals surface area (Å²) in [6, 6.07) is 4.15. The summed E-state index contributed by atoms with van der Waals surface area (Å²) in [5.41, 5.74) is 2.54. The highest BCUT2D eigenvalue weighted by Gasteiger charge is 2.69. The second kappa shape index (κ2) is 6.27. The molecule has 1 aromatic carbocycles. The quantitative estimate of drug-likeness (QED) is 0.702. The lowest BCUT2D eigenvalue weighted by atomic mass is 9.45. The van der Waals surface area contributed by atoms with E-state index in [4.69, 9.17) is 4.74 Å². The van der Waals surface area contributed by atoms with Gasteiger partial charge < -0.3 is 9.84 Å². The summed E-state index contributed by atoms with van der Waals surface area (Å²) in [6.07, 6.45) is 4.51. The van der Waals surface area contributed by atoms with Crippen LogP contribution in [0.1, 0.15) is 77.8 Å². The minimum Gasteiger partial charge on any atom is -0.508 e. The van der Waals surface area contributed by atoms with Crippen molar-refractivity contribution in [2.45, 2.75) is 78.7 Å². The van der Waals surface area contributed by atoms with E-state index in [1.807, 2.05) is 19.9 Å². The number of fused-ring (bicyclic) bond motifs is 2. The molecule has 1 aromatic rings. The normalized spacial score (nSPS) is 32.6. The number of benzene rings is 1. The van der Waals surface area contributed by atoms with Crippen molar-refractivity contribution >= 4 is 0 Å². The molecule has 3 aliphatic rings. The molecule has 0 amide bonds. The molecule has 2 heteroatoms. The molecule has 136 valence electrons. The summed E-state index contributed by atoms with van der Waals surface area (Å²) in [7, 11) is 0. The standard InChI is InChI=1S/C19H26O2.C4H6/c1-5-6-11-9-13(20)15-14(10-11)21-19(4)8-7-12-16(19)17(15)18(12,2)3;1-3-4-2/h9-10,12,16-17,20H,5-8H2,1-4H3;1-2H3/t12-,16+,17+,19+;/m0./s1. The molecular weight excluding hydrogens is 308 g/mol. The number of aromatic hydroxyl groups is 1. The average Bonchev–Trinajstić information content (AvgIpc) is 2.89. The van der Waals surface area contributed by atoms with Crippen LogP contribution >= 0.6 is 0 Å². The first kappa shape index (κ1) is 18.2. The highest BCUT2D eigenvalue weighted by molar-refractivity contribution is 5.55. The molecule has 0 saturated heterocycles. The Bertz CT molecular complexity index is 716. The van der Waals surface area contributed by atoms with Crippen LogP contribution in [0.25, 0.3) is 0 Å². The van der Waals surface area contributed by atoms with Crippen LogP contribution in [0.4, 0.5) is 0 Å². The number of rotatable bonds is 2. The molecular formula is C23H32O2. The number of aryl methyl sites for hydroxylation is 1. The Hall–Kier alpha value is -1.62. The van der Waals surface area contributed by atoms with E-state index in [9.17, 15) is 5.11 Å². The molecule has 0 aromatic heterocycles. The molecule has 2 fully saturated rings. The third-order valence-electron chi connectivity index (χ3n) is 6.83. The van der Waals surface area contributed by atoms with Crippen LogP contribution in [-0.4, -0.2) is 10.7 Å². The molecule has 2 saturated carbocycles. The van der Waals surface area contributed by atoms with Crippen LogP contribution in [0, 0.1) is 29.1 Å². The van der Waals surface area contributed by atoms with Crippen molar-refractivity contribution in [2.24, 2.45) is 17.3 Å². The first-order valence-electron chi connectivity index (χ1n) is 9.68. The van der Waals surface area contributed by atoms with Gasteiger partial charge in [-0.15, -0.1) is 11.8 Å². The Labute approximate surface area is 153 Å². The summed E-state index contributed by atoms with van der Waals surface area (Å²) in [4.78, 5) is 0. The maximum Gasteiger partial charge on any atom is 0.127 e. The van der Waals surface area contributed by atoms with E-state index in [1.54, 1.807) is 0 Å². The van der Waals surface area contributed by atoms with E-state index in [0.717, 1.165) is 36.5 Å². The van der Waals surface area contributed by atoms with Crippen molar-refractivity contribution in [1.82, 2.24) is 0 Å². The van der Waals surface area contributed by atoms with Gasteiger partial charge in [0.15, 0.2) is 0 Å². The highest BCUT2D eigenvalue weighted by atomic mass is 16.5. The average molecular weight is 341 g/mol. The Morgan fingerprint density at radius 2 is 1.88 bits per heavy atom. The van der Waals surface area contributed by atoms with Crippen molar-refractivity contribution in [3.63, 3.8) is 0 Å². The van der Waals surface area contributed by atoms with Crippen LogP contribution in [0.3, 0.4) is 0 Å². The minimum atomic E-state index is -0.0187. The summed E-state index contributed by atoms with van der Waals surface area (Å²) < 4.78 is 6.45.